The number of benzene rings is 2. The first-order chi connectivity index (χ1) is 13.5. The van der Waals surface area contributed by atoms with Crippen LogP contribution in [0.5, 0.6) is 11.5 Å². The smallest absolute Gasteiger partial charge is 0.253 e. The van der Waals surface area contributed by atoms with E-state index in [1.807, 2.05) is 74.5 Å². The van der Waals surface area contributed by atoms with E-state index in [-0.39, 0.29) is 18.0 Å². The summed E-state index contributed by atoms with van der Waals surface area (Å²) in [6.45, 7) is 3.87. The van der Waals surface area contributed by atoms with Crippen LogP contribution in [0, 0.1) is 13.8 Å². The number of H-pyrrole nitrogens is 1. The predicted octanol–water partition coefficient (Wildman–Crippen LogP) is 4.11. The van der Waals surface area contributed by atoms with E-state index in [4.69, 9.17) is 4.74 Å². The van der Waals surface area contributed by atoms with Crippen molar-refractivity contribution in [1.29, 1.82) is 0 Å². The second-order valence-corrected chi connectivity index (χ2v) is 6.48. The number of ether oxygens (including phenoxy) is 1. The molecule has 5 nitrogen and oxygen atoms in total. The molecule has 3 rings (SSSR count). The normalized spacial score (nSPS) is 10.8. The predicted molar refractivity (Wildman–Crippen MR) is 110 cm³/mol. The van der Waals surface area contributed by atoms with Crippen LogP contribution in [0.3, 0.4) is 0 Å². The Bertz CT molecular complexity index is 1050. The Morgan fingerprint density at radius 2 is 1.79 bits per heavy atom. The minimum Gasteiger partial charge on any atom is -0.457 e. The average molecular weight is 374 g/mol. The van der Waals surface area contributed by atoms with E-state index >= 15 is 0 Å². The highest BCUT2D eigenvalue weighted by atomic mass is 16.5. The van der Waals surface area contributed by atoms with Crippen LogP contribution >= 0.6 is 0 Å². The van der Waals surface area contributed by atoms with Gasteiger partial charge in [-0.1, -0.05) is 30.3 Å². The highest BCUT2D eigenvalue weighted by Gasteiger charge is 2.06. The molecule has 0 bridgehead atoms. The lowest BCUT2D eigenvalue weighted by Gasteiger charge is -2.07. The van der Waals surface area contributed by atoms with Gasteiger partial charge < -0.3 is 15.0 Å². The Labute approximate surface area is 163 Å². The summed E-state index contributed by atoms with van der Waals surface area (Å²) in [6, 6.07) is 18.8. The van der Waals surface area contributed by atoms with Gasteiger partial charge >= 0.3 is 0 Å². The van der Waals surface area contributed by atoms with Gasteiger partial charge in [-0.05, 0) is 61.4 Å². The van der Waals surface area contributed by atoms with E-state index in [0.717, 1.165) is 22.6 Å². The van der Waals surface area contributed by atoms with Crippen molar-refractivity contribution in [3.05, 3.63) is 99.5 Å². The van der Waals surface area contributed by atoms with E-state index in [9.17, 15) is 9.59 Å². The number of carbonyl (C=O) groups excluding carboxylic acids is 1. The molecule has 0 radical (unpaired) electrons. The molecule has 1 heterocycles. The molecule has 1 amide bonds. The first-order valence-corrected chi connectivity index (χ1v) is 8.99. The third-order valence-corrected chi connectivity index (χ3v) is 4.20. The van der Waals surface area contributed by atoms with Gasteiger partial charge in [-0.15, -0.1) is 0 Å². The zero-order valence-corrected chi connectivity index (χ0v) is 15.9. The number of carbonyl (C=O) groups is 1. The number of aromatic nitrogens is 1. The molecule has 1 aromatic heterocycles. The number of rotatable bonds is 6. The third-order valence-electron chi connectivity index (χ3n) is 4.20. The minimum absolute atomic E-state index is 0.174. The summed E-state index contributed by atoms with van der Waals surface area (Å²) in [5.74, 6) is 1.17. The quantitative estimate of drug-likeness (QED) is 0.638. The highest BCUT2D eigenvalue weighted by molar-refractivity contribution is 5.91. The maximum Gasteiger partial charge on any atom is 0.253 e. The lowest BCUT2D eigenvalue weighted by molar-refractivity contribution is -0.116. The summed E-state index contributed by atoms with van der Waals surface area (Å²) in [7, 11) is 0. The maximum atomic E-state index is 12.1. The van der Waals surface area contributed by atoms with E-state index < -0.39 is 0 Å². The summed E-state index contributed by atoms with van der Waals surface area (Å²) < 4.78 is 5.79. The SMILES string of the molecule is Cc1cc(C)c(CNC(=O)/C=C/c2cccc(Oc3ccccc3)c2)c(=O)[nH]1. The number of aryl methyl sites for hydroxylation is 2. The van der Waals surface area contributed by atoms with Crippen molar-refractivity contribution in [1.82, 2.24) is 10.3 Å². The lowest BCUT2D eigenvalue weighted by Crippen LogP contribution is -2.26. The number of aromatic amines is 1. The van der Waals surface area contributed by atoms with Crippen LogP contribution in [0.2, 0.25) is 0 Å². The molecule has 0 unspecified atom stereocenters. The number of nitrogens with one attached hydrogen (secondary N) is 2. The molecule has 0 fully saturated rings. The third kappa shape index (κ3) is 5.20. The van der Waals surface area contributed by atoms with Gasteiger partial charge in [0.15, 0.2) is 0 Å². The van der Waals surface area contributed by atoms with Crippen molar-refractivity contribution < 1.29 is 9.53 Å². The molecule has 0 spiro atoms. The summed E-state index contributed by atoms with van der Waals surface area (Å²) in [5, 5.41) is 2.75. The molecule has 3 aromatic rings. The summed E-state index contributed by atoms with van der Waals surface area (Å²) in [6.07, 6.45) is 3.15. The van der Waals surface area contributed by atoms with Gasteiger partial charge in [-0.3, -0.25) is 9.59 Å². The van der Waals surface area contributed by atoms with Gasteiger partial charge in [0.25, 0.3) is 5.56 Å². The fourth-order valence-electron chi connectivity index (χ4n) is 2.81. The molecule has 28 heavy (non-hydrogen) atoms. The Morgan fingerprint density at radius 3 is 2.54 bits per heavy atom. The van der Waals surface area contributed by atoms with Gasteiger partial charge in [0.05, 0.1) is 0 Å². The standard InChI is InChI=1S/C23H22N2O3/c1-16-13-17(2)25-23(27)21(16)15-24-22(26)12-11-18-7-6-10-20(14-18)28-19-8-4-3-5-9-19/h3-14H,15H2,1-2H3,(H,24,26)(H,25,27)/b12-11+. The van der Waals surface area contributed by atoms with Crippen LogP contribution in [-0.4, -0.2) is 10.9 Å². The Kier molecular flexibility index (Phi) is 6.07. The number of amides is 1. The van der Waals surface area contributed by atoms with Gasteiger partial charge in [-0.25, -0.2) is 0 Å². The van der Waals surface area contributed by atoms with E-state index in [2.05, 4.69) is 10.3 Å². The molecule has 0 aliphatic heterocycles. The van der Waals surface area contributed by atoms with E-state index in [0.29, 0.717) is 11.3 Å². The maximum absolute atomic E-state index is 12.1. The van der Waals surface area contributed by atoms with Crippen LogP contribution < -0.4 is 15.6 Å². The van der Waals surface area contributed by atoms with Gasteiger partial charge in [0, 0.05) is 23.9 Å². The zero-order chi connectivity index (χ0) is 19.9. The average Bonchev–Trinajstić information content (AvgIpc) is 2.66. The van der Waals surface area contributed by atoms with E-state index in [1.54, 1.807) is 6.08 Å². The number of pyridine rings is 1. The molecular weight excluding hydrogens is 352 g/mol. The number of hydrogen-bond donors (Lipinski definition) is 2. The summed E-state index contributed by atoms with van der Waals surface area (Å²) in [4.78, 5) is 26.9. The first kappa shape index (κ1) is 19.2. The van der Waals surface area contributed by atoms with Crippen LogP contribution in [0.15, 0.2) is 71.5 Å². The van der Waals surface area contributed by atoms with Crippen LogP contribution in [0.1, 0.15) is 22.4 Å². The molecule has 0 saturated carbocycles. The molecule has 0 aliphatic rings. The summed E-state index contributed by atoms with van der Waals surface area (Å²) >= 11 is 0. The topological polar surface area (TPSA) is 71.2 Å². The highest BCUT2D eigenvalue weighted by Crippen LogP contribution is 2.22. The summed E-state index contributed by atoms with van der Waals surface area (Å²) in [5.41, 5.74) is 2.89. The van der Waals surface area contributed by atoms with Crippen molar-refractivity contribution >= 4 is 12.0 Å². The van der Waals surface area contributed by atoms with Crippen LogP contribution in [-0.2, 0) is 11.3 Å². The lowest BCUT2D eigenvalue weighted by atomic mass is 10.1. The van der Waals surface area contributed by atoms with Gasteiger partial charge in [0.2, 0.25) is 5.91 Å². The second kappa shape index (κ2) is 8.86. The Balaban J connectivity index is 1.61. The fraction of sp³-hybridized carbons (Fsp3) is 0.130. The molecule has 5 heteroatoms. The minimum atomic E-state index is -0.270. The van der Waals surface area contributed by atoms with Crippen LogP contribution in [0.4, 0.5) is 0 Å². The van der Waals surface area contributed by atoms with Crippen molar-refractivity contribution in [2.45, 2.75) is 20.4 Å². The first-order valence-electron chi connectivity index (χ1n) is 8.99. The number of para-hydroxylation sites is 1. The van der Waals surface area contributed by atoms with Crippen molar-refractivity contribution in [2.24, 2.45) is 0 Å². The van der Waals surface area contributed by atoms with Crippen molar-refractivity contribution in [3.63, 3.8) is 0 Å². The van der Waals surface area contributed by atoms with Crippen molar-refractivity contribution in [3.8, 4) is 11.5 Å². The zero-order valence-electron chi connectivity index (χ0n) is 15.9. The Hall–Kier alpha value is -3.60. The second-order valence-electron chi connectivity index (χ2n) is 6.48. The Morgan fingerprint density at radius 1 is 1.04 bits per heavy atom. The molecule has 0 aliphatic carbocycles. The molecule has 2 N–H and O–H groups in total. The number of hydrogen-bond acceptors (Lipinski definition) is 3. The van der Waals surface area contributed by atoms with Crippen LogP contribution in [0.25, 0.3) is 6.08 Å². The molecule has 0 atom stereocenters. The molecule has 142 valence electrons. The molecule has 2 aromatic carbocycles. The van der Waals surface area contributed by atoms with Crippen molar-refractivity contribution in [2.75, 3.05) is 0 Å². The molecule has 0 saturated heterocycles. The largest absolute Gasteiger partial charge is 0.457 e. The molecular formula is C23H22N2O3. The fourth-order valence-corrected chi connectivity index (χ4v) is 2.81. The monoisotopic (exact) mass is 374 g/mol. The van der Waals surface area contributed by atoms with Gasteiger partial charge in [-0.2, -0.15) is 0 Å². The van der Waals surface area contributed by atoms with E-state index in [1.165, 1.54) is 6.08 Å². The van der Waals surface area contributed by atoms with Gasteiger partial charge in [0.1, 0.15) is 11.5 Å².